The molecule has 1 aromatic heterocycles. The van der Waals surface area contributed by atoms with Gasteiger partial charge in [-0.05, 0) is 31.0 Å². The minimum atomic E-state index is 0. The predicted molar refractivity (Wildman–Crippen MR) is 106 cm³/mol. The number of hydrogen-bond donors (Lipinski definition) is 1. The lowest BCUT2D eigenvalue weighted by molar-refractivity contribution is -0.120. The van der Waals surface area contributed by atoms with Gasteiger partial charge in [0, 0.05) is 17.5 Å². The number of amides is 1. The maximum absolute atomic E-state index is 12.1. The number of aryl methyl sites for hydroxylation is 2. The number of aromatic nitrogens is 1. The molecule has 0 saturated carbocycles. The average Bonchev–Trinajstić information content (AvgIpc) is 3.04. The Bertz CT molecular complexity index is 846. The topological polar surface area (TPSA) is 42.0 Å². The summed E-state index contributed by atoms with van der Waals surface area (Å²) in [5, 5.41) is 5.82. The molecule has 1 heterocycles. The fourth-order valence-corrected chi connectivity index (χ4v) is 3.32. The van der Waals surface area contributed by atoms with Gasteiger partial charge in [0.15, 0.2) is 0 Å². The average molecular weight is 373 g/mol. The normalized spacial score (nSPS) is 10.2. The monoisotopic (exact) mass is 372 g/mol. The number of hydrogen-bond acceptors (Lipinski definition) is 3. The number of halogens is 1. The summed E-state index contributed by atoms with van der Waals surface area (Å²) < 4.78 is 0. The second kappa shape index (κ2) is 8.79. The van der Waals surface area contributed by atoms with E-state index in [1.54, 1.807) is 0 Å². The molecular formula is C20H21ClN2OS. The van der Waals surface area contributed by atoms with Gasteiger partial charge in [-0.1, -0.05) is 48.0 Å². The molecule has 3 nitrogen and oxygen atoms in total. The van der Waals surface area contributed by atoms with Gasteiger partial charge in [-0.2, -0.15) is 0 Å². The van der Waals surface area contributed by atoms with E-state index in [1.165, 1.54) is 22.5 Å². The summed E-state index contributed by atoms with van der Waals surface area (Å²) >= 11 is 1.54. The van der Waals surface area contributed by atoms with Crippen LogP contribution in [0, 0.1) is 13.8 Å². The molecule has 0 aliphatic carbocycles. The molecule has 1 N–H and O–H groups in total. The zero-order valence-electron chi connectivity index (χ0n) is 14.3. The lowest BCUT2D eigenvalue weighted by Crippen LogP contribution is -2.24. The van der Waals surface area contributed by atoms with Crippen molar-refractivity contribution in [2.75, 3.05) is 0 Å². The van der Waals surface area contributed by atoms with Crippen LogP contribution in [0.15, 0.2) is 53.9 Å². The molecule has 0 saturated heterocycles. The summed E-state index contributed by atoms with van der Waals surface area (Å²) in [7, 11) is 0. The van der Waals surface area contributed by atoms with Crippen LogP contribution in [0.5, 0.6) is 0 Å². The van der Waals surface area contributed by atoms with E-state index >= 15 is 0 Å². The van der Waals surface area contributed by atoms with Crippen LogP contribution in [0.4, 0.5) is 0 Å². The molecule has 0 aliphatic heterocycles. The number of carbonyl (C=O) groups is 1. The number of nitrogens with zero attached hydrogens (tertiary/aromatic N) is 1. The van der Waals surface area contributed by atoms with Crippen LogP contribution in [0.2, 0.25) is 0 Å². The number of nitrogens with one attached hydrogen (secondary N) is 1. The third kappa shape index (κ3) is 5.15. The zero-order chi connectivity index (χ0) is 16.9. The SMILES string of the molecule is Cc1ccc(C)c(-c2csc(CC(=O)NCc3ccccc3)n2)c1.Cl. The minimum absolute atomic E-state index is 0. The zero-order valence-corrected chi connectivity index (χ0v) is 15.9. The first-order valence-electron chi connectivity index (χ1n) is 7.94. The van der Waals surface area contributed by atoms with Crippen molar-refractivity contribution in [1.82, 2.24) is 10.3 Å². The van der Waals surface area contributed by atoms with E-state index in [0.717, 1.165) is 21.8 Å². The maximum atomic E-state index is 12.1. The van der Waals surface area contributed by atoms with Gasteiger partial charge in [-0.15, -0.1) is 23.7 Å². The van der Waals surface area contributed by atoms with Crippen molar-refractivity contribution in [3.05, 3.63) is 75.6 Å². The highest BCUT2D eigenvalue weighted by molar-refractivity contribution is 7.10. The molecule has 2 aromatic carbocycles. The maximum Gasteiger partial charge on any atom is 0.227 e. The summed E-state index contributed by atoms with van der Waals surface area (Å²) in [6.45, 7) is 4.71. The molecule has 0 radical (unpaired) electrons. The molecule has 5 heteroatoms. The minimum Gasteiger partial charge on any atom is -0.352 e. The summed E-state index contributed by atoms with van der Waals surface area (Å²) in [5.74, 6) is 0.000664. The lowest BCUT2D eigenvalue weighted by atomic mass is 10.0. The van der Waals surface area contributed by atoms with Gasteiger partial charge >= 0.3 is 0 Å². The van der Waals surface area contributed by atoms with Gasteiger partial charge < -0.3 is 5.32 Å². The van der Waals surface area contributed by atoms with E-state index in [9.17, 15) is 4.79 Å². The van der Waals surface area contributed by atoms with E-state index in [1.807, 2.05) is 35.7 Å². The first-order chi connectivity index (χ1) is 11.6. The first kappa shape index (κ1) is 19.2. The third-order valence-corrected chi connectivity index (χ3v) is 4.71. The molecule has 3 aromatic rings. The number of benzene rings is 2. The number of carbonyl (C=O) groups excluding carboxylic acids is 1. The molecule has 0 atom stereocenters. The number of rotatable bonds is 5. The van der Waals surface area contributed by atoms with Gasteiger partial charge in [-0.25, -0.2) is 4.98 Å². The summed E-state index contributed by atoms with van der Waals surface area (Å²) in [5.41, 5.74) is 5.60. The van der Waals surface area contributed by atoms with Crippen LogP contribution < -0.4 is 5.32 Å². The number of thiazole rings is 1. The molecule has 130 valence electrons. The van der Waals surface area contributed by atoms with Gasteiger partial charge in [0.1, 0.15) is 5.01 Å². The second-order valence-corrected chi connectivity index (χ2v) is 6.83. The fraction of sp³-hybridized carbons (Fsp3) is 0.200. The molecule has 0 fully saturated rings. The molecule has 25 heavy (non-hydrogen) atoms. The van der Waals surface area contributed by atoms with Gasteiger partial charge in [0.2, 0.25) is 5.91 Å². The Labute approximate surface area is 158 Å². The lowest BCUT2D eigenvalue weighted by Gasteiger charge is -2.04. The van der Waals surface area contributed by atoms with Crippen LogP contribution in [0.25, 0.3) is 11.3 Å². The van der Waals surface area contributed by atoms with Crippen LogP contribution in [-0.4, -0.2) is 10.9 Å². The Morgan fingerprint density at radius 3 is 2.64 bits per heavy atom. The highest BCUT2D eigenvalue weighted by atomic mass is 35.5. The first-order valence-corrected chi connectivity index (χ1v) is 8.82. The van der Waals surface area contributed by atoms with Crippen molar-refractivity contribution in [3.63, 3.8) is 0 Å². The predicted octanol–water partition coefficient (Wildman–Crippen LogP) is 4.71. The van der Waals surface area contributed by atoms with Crippen molar-refractivity contribution in [2.45, 2.75) is 26.8 Å². The van der Waals surface area contributed by atoms with Crippen molar-refractivity contribution in [1.29, 1.82) is 0 Å². The molecule has 0 spiro atoms. The molecule has 3 rings (SSSR count). The van der Waals surface area contributed by atoms with E-state index in [2.05, 4.69) is 42.3 Å². The van der Waals surface area contributed by atoms with Crippen molar-refractivity contribution >= 4 is 29.7 Å². The van der Waals surface area contributed by atoms with Gasteiger partial charge in [0.25, 0.3) is 0 Å². The van der Waals surface area contributed by atoms with E-state index in [0.29, 0.717) is 13.0 Å². The molecule has 1 amide bonds. The van der Waals surface area contributed by atoms with Crippen molar-refractivity contribution < 1.29 is 4.79 Å². The Morgan fingerprint density at radius 1 is 1.12 bits per heavy atom. The Hall–Kier alpha value is -2.17. The third-order valence-electron chi connectivity index (χ3n) is 3.87. The molecule has 0 unspecified atom stereocenters. The van der Waals surface area contributed by atoms with E-state index < -0.39 is 0 Å². The molecule has 0 bridgehead atoms. The summed E-state index contributed by atoms with van der Waals surface area (Å²) in [6.07, 6.45) is 0.322. The quantitative estimate of drug-likeness (QED) is 0.704. The summed E-state index contributed by atoms with van der Waals surface area (Å²) in [6, 6.07) is 16.3. The van der Waals surface area contributed by atoms with Gasteiger partial charge in [-0.3, -0.25) is 4.79 Å². The second-order valence-electron chi connectivity index (χ2n) is 5.88. The Morgan fingerprint density at radius 2 is 1.88 bits per heavy atom. The highest BCUT2D eigenvalue weighted by Crippen LogP contribution is 2.26. The highest BCUT2D eigenvalue weighted by Gasteiger charge is 2.10. The Kier molecular flexibility index (Phi) is 6.73. The fourth-order valence-electron chi connectivity index (χ4n) is 2.52. The van der Waals surface area contributed by atoms with Crippen molar-refractivity contribution in [2.24, 2.45) is 0 Å². The van der Waals surface area contributed by atoms with Crippen LogP contribution in [-0.2, 0) is 17.8 Å². The largest absolute Gasteiger partial charge is 0.352 e. The molecular weight excluding hydrogens is 352 g/mol. The van der Waals surface area contributed by atoms with Crippen LogP contribution >= 0.6 is 23.7 Å². The van der Waals surface area contributed by atoms with Crippen molar-refractivity contribution in [3.8, 4) is 11.3 Å². The Balaban J connectivity index is 0.00000225. The van der Waals surface area contributed by atoms with Crippen LogP contribution in [0.1, 0.15) is 21.7 Å². The smallest absolute Gasteiger partial charge is 0.227 e. The van der Waals surface area contributed by atoms with E-state index in [4.69, 9.17) is 0 Å². The van der Waals surface area contributed by atoms with Crippen LogP contribution in [0.3, 0.4) is 0 Å². The van der Waals surface area contributed by atoms with Gasteiger partial charge in [0.05, 0.1) is 12.1 Å². The standard InChI is InChI=1S/C20H20N2OS.ClH/c1-14-8-9-15(2)17(10-14)18-13-24-20(22-18)11-19(23)21-12-16-6-4-3-5-7-16;/h3-10,13H,11-12H2,1-2H3,(H,21,23);1H. The van der Waals surface area contributed by atoms with E-state index in [-0.39, 0.29) is 18.3 Å². The molecule has 0 aliphatic rings. The summed E-state index contributed by atoms with van der Waals surface area (Å²) in [4.78, 5) is 16.7.